The number of unbranched alkanes of at least 4 members (excludes halogenated alkanes) is 1. The molecule has 0 saturated carbocycles. The first kappa shape index (κ1) is 72.0. The molecule has 0 heterocycles. The van der Waals surface area contributed by atoms with Gasteiger partial charge in [-0.2, -0.15) is 0 Å². The first-order valence-electron chi connectivity index (χ1n) is 29.5. The van der Waals surface area contributed by atoms with E-state index in [4.69, 9.17) is 36.0 Å². The standard InChI is InChI=1S/C65H94N4O12S2Si2/c1-12-51(30-19-21-40-65(15-4,16-5)81-61(71)67-57-36-25-32-53(48-57)46-55-34-27-38-59(50-55)69-63(73)83-42-28-44-85(77-9,78-10)79-11)29-18-17-20-39-64(13-2,14-3)80-60(70)66-56-35-24-31-52(47-56)45-54-33-26-37-58(49-54)68-62(72)82-41-22-23-43-84(74-6,75-7)76-8/h12,17,19-21,24-27,31-38,47-51H,1,13-16,18,22-23,28-30,39-46H2,2-11H3,(H,66,70)(H,67,71)(H,68,72)(H,69,73)/b20-17+,21-19+. The molecular formula is C65H94N4O12S2Si2. The van der Waals surface area contributed by atoms with Gasteiger partial charge < -0.3 is 46.7 Å². The Morgan fingerprint density at radius 1 is 0.506 bits per heavy atom. The van der Waals surface area contributed by atoms with Gasteiger partial charge in [-0.1, -0.05) is 130 Å². The predicted octanol–water partition coefficient (Wildman–Crippen LogP) is 17.1. The van der Waals surface area contributed by atoms with Gasteiger partial charge in [-0.05, 0) is 154 Å². The van der Waals surface area contributed by atoms with Crippen molar-refractivity contribution in [2.75, 3.05) is 75.4 Å². The van der Waals surface area contributed by atoms with Crippen LogP contribution >= 0.6 is 23.5 Å². The number of ether oxygens (including phenoxy) is 2. The van der Waals surface area contributed by atoms with Gasteiger partial charge in [-0.3, -0.25) is 20.2 Å². The molecule has 85 heavy (non-hydrogen) atoms. The van der Waals surface area contributed by atoms with Crippen LogP contribution in [-0.2, 0) is 48.9 Å². The molecule has 1 unspecified atom stereocenters. The highest BCUT2D eigenvalue weighted by Gasteiger charge is 2.38. The number of amides is 4. The zero-order valence-corrected chi connectivity index (χ0v) is 55.5. The van der Waals surface area contributed by atoms with Crippen LogP contribution in [0.3, 0.4) is 0 Å². The summed E-state index contributed by atoms with van der Waals surface area (Å²) >= 11 is 2.46. The average molecular weight is 1240 g/mol. The van der Waals surface area contributed by atoms with Crippen LogP contribution in [0.15, 0.2) is 134 Å². The molecular weight excluding hydrogens is 1150 g/mol. The molecule has 4 amide bonds. The number of carbonyl (C=O) groups is 4. The summed E-state index contributed by atoms with van der Waals surface area (Å²) in [5, 5.41) is 11.6. The van der Waals surface area contributed by atoms with Gasteiger partial charge in [0.1, 0.15) is 11.2 Å². The Balaban J connectivity index is 1.19. The molecule has 0 aromatic heterocycles. The van der Waals surface area contributed by atoms with Gasteiger partial charge in [0, 0.05) is 102 Å². The lowest BCUT2D eigenvalue weighted by atomic mass is 9.91. The minimum Gasteiger partial charge on any atom is -0.442 e. The second-order valence-corrected chi connectivity index (χ2v) is 29.1. The van der Waals surface area contributed by atoms with Crippen molar-refractivity contribution in [3.8, 4) is 0 Å². The van der Waals surface area contributed by atoms with Gasteiger partial charge in [0.05, 0.1) is 0 Å². The average Bonchev–Trinajstić information content (AvgIpc) is 3.68. The van der Waals surface area contributed by atoms with Gasteiger partial charge in [0.25, 0.3) is 10.5 Å². The van der Waals surface area contributed by atoms with E-state index in [1.807, 2.05) is 131 Å². The molecule has 0 bridgehead atoms. The highest BCUT2D eigenvalue weighted by atomic mass is 32.2. The van der Waals surface area contributed by atoms with Crippen molar-refractivity contribution in [1.82, 2.24) is 0 Å². The third-order valence-electron chi connectivity index (χ3n) is 15.3. The molecule has 466 valence electrons. The quantitative estimate of drug-likeness (QED) is 0.0187. The van der Waals surface area contributed by atoms with Crippen molar-refractivity contribution >= 4 is 86.5 Å². The number of hydrogen-bond acceptors (Lipinski definition) is 14. The van der Waals surface area contributed by atoms with E-state index in [1.165, 1.54) is 23.5 Å². The molecule has 4 aromatic rings. The topological polar surface area (TPSA) is 190 Å². The second-order valence-electron chi connectivity index (χ2n) is 20.8. The number of allylic oxidation sites excluding steroid dienone is 3. The molecule has 0 aliphatic carbocycles. The smallest absolute Gasteiger partial charge is 0.442 e. The molecule has 0 aliphatic rings. The van der Waals surface area contributed by atoms with Crippen molar-refractivity contribution < 1.29 is 55.2 Å². The van der Waals surface area contributed by atoms with E-state index in [1.54, 1.807) is 42.7 Å². The van der Waals surface area contributed by atoms with Crippen molar-refractivity contribution in [3.05, 3.63) is 156 Å². The molecule has 0 spiro atoms. The van der Waals surface area contributed by atoms with E-state index in [9.17, 15) is 19.2 Å². The maximum Gasteiger partial charge on any atom is 0.500 e. The number of benzene rings is 4. The monoisotopic (exact) mass is 1240 g/mol. The SMILES string of the molecule is C=CC(C/C=C/CC(CC)(CC)OC(=O)Nc1cccc(Cc2cccc(NC(=O)SCCC[Si](OC)(OC)OC)c2)c1)CC/C=C/CC(CC)(CC)OC(=O)Nc1cccc(Cc2cccc(NC(=O)SCCCC[Si](OC)(OC)OC)c2)c1. The summed E-state index contributed by atoms with van der Waals surface area (Å²) in [5.41, 5.74) is 5.42. The number of anilines is 4. The molecule has 4 N–H and O–H groups in total. The Bertz CT molecular complexity index is 2720. The molecule has 0 saturated heterocycles. The van der Waals surface area contributed by atoms with Crippen LogP contribution in [-0.4, -0.2) is 106 Å². The summed E-state index contributed by atoms with van der Waals surface area (Å²) < 4.78 is 45.2. The fraction of sp³-hybridized carbons (Fsp3) is 0.477. The maximum absolute atomic E-state index is 13.4. The summed E-state index contributed by atoms with van der Waals surface area (Å²) in [4.78, 5) is 52.3. The molecule has 0 aliphatic heterocycles. The summed E-state index contributed by atoms with van der Waals surface area (Å²) in [6.45, 7) is 12.3. The minimum absolute atomic E-state index is 0.115. The summed E-state index contributed by atoms with van der Waals surface area (Å²) in [7, 11) is 4.27. The number of hydrogen-bond donors (Lipinski definition) is 4. The molecule has 4 aromatic carbocycles. The first-order chi connectivity index (χ1) is 41.0. The van der Waals surface area contributed by atoms with Crippen molar-refractivity contribution in [2.45, 2.75) is 141 Å². The molecule has 1 atom stereocenters. The van der Waals surface area contributed by atoms with E-state index in [0.717, 1.165) is 60.0 Å². The number of thioether (sulfide) groups is 2. The van der Waals surface area contributed by atoms with Crippen LogP contribution in [0.1, 0.15) is 127 Å². The third kappa shape index (κ3) is 25.4. The Labute approximate surface area is 517 Å². The van der Waals surface area contributed by atoms with Crippen molar-refractivity contribution in [3.63, 3.8) is 0 Å². The van der Waals surface area contributed by atoms with Gasteiger partial charge in [0.2, 0.25) is 0 Å². The van der Waals surface area contributed by atoms with Crippen LogP contribution < -0.4 is 21.3 Å². The predicted molar refractivity (Wildman–Crippen MR) is 353 cm³/mol. The Morgan fingerprint density at radius 3 is 1.25 bits per heavy atom. The minimum atomic E-state index is -2.67. The van der Waals surface area contributed by atoms with Crippen LogP contribution in [0.25, 0.3) is 0 Å². The van der Waals surface area contributed by atoms with Crippen LogP contribution in [0, 0.1) is 5.92 Å². The first-order valence-corrected chi connectivity index (χ1v) is 35.3. The molecule has 0 fully saturated rings. The van der Waals surface area contributed by atoms with Gasteiger partial charge in [0.15, 0.2) is 0 Å². The highest BCUT2D eigenvalue weighted by Crippen LogP contribution is 2.30. The number of nitrogens with one attached hydrogen (secondary N) is 4. The third-order valence-corrected chi connectivity index (χ3v) is 22.7. The van der Waals surface area contributed by atoms with Gasteiger partial charge in [-0.25, -0.2) is 9.59 Å². The summed E-state index contributed by atoms with van der Waals surface area (Å²) in [6, 6.07) is 32.3. The highest BCUT2D eigenvalue weighted by molar-refractivity contribution is 8.14. The summed E-state index contributed by atoms with van der Waals surface area (Å²) in [6.07, 6.45) is 19.5. The molecule has 16 nitrogen and oxygen atoms in total. The maximum atomic E-state index is 13.4. The van der Waals surface area contributed by atoms with E-state index in [0.29, 0.717) is 98.4 Å². The number of rotatable bonds is 39. The lowest BCUT2D eigenvalue weighted by Gasteiger charge is -2.30. The molecule has 20 heteroatoms. The van der Waals surface area contributed by atoms with Gasteiger partial charge >= 0.3 is 29.8 Å². The Hall–Kier alpha value is -5.53. The van der Waals surface area contributed by atoms with Crippen LogP contribution in [0.5, 0.6) is 0 Å². The lowest BCUT2D eigenvalue weighted by molar-refractivity contribution is 0.0144. The summed E-state index contributed by atoms with van der Waals surface area (Å²) in [5.74, 6) is 1.53. The van der Waals surface area contributed by atoms with E-state index in [2.05, 4.69) is 52.2 Å². The second kappa shape index (κ2) is 38.6. The number of carbonyl (C=O) groups excluding carboxylic acids is 4. The largest absolute Gasteiger partial charge is 0.500 e. The van der Waals surface area contributed by atoms with E-state index in [-0.39, 0.29) is 16.4 Å². The van der Waals surface area contributed by atoms with Gasteiger partial charge in [-0.15, -0.1) is 6.58 Å². The zero-order chi connectivity index (χ0) is 62.0. The fourth-order valence-electron chi connectivity index (χ4n) is 9.75. The van der Waals surface area contributed by atoms with Crippen LogP contribution in [0.2, 0.25) is 12.1 Å². The van der Waals surface area contributed by atoms with E-state index >= 15 is 0 Å². The van der Waals surface area contributed by atoms with Crippen LogP contribution in [0.4, 0.5) is 41.9 Å². The van der Waals surface area contributed by atoms with Crippen molar-refractivity contribution in [2.24, 2.45) is 5.92 Å². The fourth-order valence-corrected chi connectivity index (χ4v) is 14.9. The molecule has 0 radical (unpaired) electrons. The zero-order valence-electron chi connectivity index (χ0n) is 51.9. The Kier molecular flexibility index (Phi) is 32.7. The van der Waals surface area contributed by atoms with Crippen molar-refractivity contribution in [1.29, 1.82) is 0 Å². The Morgan fingerprint density at radius 2 is 0.871 bits per heavy atom. The van der Waals surface area contributed by atoms with E-state index < -0.39 is 41.0 Å². The molecule has 4 rings (SSSR count). The lowest BCUT2D eigenvalue weighted by Crippen LogP contribution is -2.42. The normalized spacial score (nSPS) is 12.5.